The zero-order valence-electron chi connectivity index (χ0n) is 18.2. The van der Waals surface area contributed by atoms with Gasteiger partial charge in [0.25, 0.3) is 0 Å². The lowest BCUT2D eigenvalue weighted by Crippen LogP contribution is -2.38. The molecule has 0 aromatic heterocycles. The van der Waals surface area contributed by atoms with Gasteiger partial charge in [-0.2, -0.15) is 0 Å². The number of hydrogen-bond donors (Lipinski definition) is 0. The van der Waals surface area contributed by atoms with Gasteiger partial charge in [-0.15, -0.1) is 11.8 Å². The van der Waals surface area contributed by atoms with Crippen LogP contribution in [0.4, 0.5) is 0 Å². The van der Waals surface area contributed by atoms with Gasteiger partial charge in [0.15, 0.2) is 8.32 Å². The van der Waals surface area contributed by atoms with E-state index in [4.69, 9.17) is 4.43 Å². The van der Waals surface area contributed by atoms with Crippen LogP contribution < -0.4 is 10.6 Å². The average molecular weight is 455 g/mol. The van der Waals surface area contributed by atoms with Crippen molar-refractivity contribution >= 4 is 37.8 Å². The Morgan fingerprint density at radius 1 is 0.800 bits per heavy atom. The van der Waals surface area contributed by atoms with E-state index < -0.39 is 15.5 Å². The largest absolute Gasteiger partial charge is 0.414 e. The molecule has 3 aromatic carbocycles. The third-order valence-electron chi connectivity index (χ3n) is 4.88. The van der Waals surface area contributed by atoms with Gasteiger partial charge in [0.2, 0.25) is 0 Å². The summed E-state index contributed by atoms with van der Waals surface area (Å²) in [6, 6.07) is 30.3. The van der Waals surface area contributed by atoms with Crippen LogP contribution in [0.1, 0.15) is 6.92 Å². The molecule has 0 amide bonds. The van der Waals surface area contributed by atoms with Crippen LogP contribution in [-0.2, 0) is 8.99 Å². The molecule has 0 saturated heterocycles. The second-order valence-corrected chi connectivity index (χ2v) is 17.1. The molecule has 3 aromatic rings. The molecule has 0 bridgehead atoms. The van der Waals surface area contributed by atoms with Gasteiger partial charge >= 0.3 is 0 Å². The minimum Gasteiger partial charge on any atom is -0.414 e. The zero-order chi connectivity index (χ0) is 21.6. The molecule has 0 N–H and O–H groups in total. The predicted octanol–water partition coefficient (Wildman–Crippen LogP) is 6.40. The molecule has 0 aliphatic carbocycles. The fourth-order valence-electron chi connectivity index (χ4n) is 3.54. The van der Waals surface area contributed by atoms with E-state index in [1.807, 2.05) is 66.7 Å². The molecule has 0 fully saturated rings. The summed E-state index contributed by atoms with van der Waals surface area (Å²) in [6.07, 6.45) is 0.564. The Morgan fingerprint density at radius 3 is 1.67 bits per heavy atom. The van der Waals surface area contributed by atoms with Gasteiger partial charge in [-0.25, -0.2) is 0 Å². The summed E-state index contributed by atoms with van der Waals surface area (Å²) in [5.74, 6) is 0. The SMILES string of the molecule is C[C@H](O[Si](C)(C)C)[C@H](CP(=O)(c1ccccc1)c1ccccc1)Sc1ccccc1. The standard InChI is InChI=1S/C25H31O2PSSi/c1-21(27-30(2,3)4)25(29-24-18-12-7-13-19-24)20-28(26,22-14-8-5-9-15-22)23-16-10-6-11-17-23/h5-19,21,25H,20H2,1-4H3/t21-,25-/m0/s1. The third-order valence-corrected chi connectivity index (χ3v) is 10.8. The lowest BCUT2D eigenvalue weighted by atomic mass is 10.3. The van der Waals surface area contributed by atoms with Crippen LogP contribution >= 0.6 is 18.9 Å². The molecule has 3 rings (SSSR count). The molecule has 0 unspecified atom stereocenters. The van der Waals surface area contributed by atoms with E-state index >= 15 is 0 Å². The molecule has 0 heterocycles. The van der Waals surface area contributed by atoms with Crippen molar-refractivity contribution in [2.45, 2.75) is 42.8 Å². The fraction of sp³-hybridized carbons (Fsp3) is 0.280. The van der Waals surface area contributed by atoms with Crippen molar-refractivity contribution in [2.75, 3.05) is 6.16 Å². The number of thioether (sulfide) groups is 1. The van der Waals surface area contributed by atoms with E-state index in [1.165, 1.54) is 4.90 Å². The number of benzene rings is 3. The van der Waals surface area contributed by atoms with Gasteiger partial charge in [0.1, 0.15) is 7.14 Å². The summed E-state index contributed by atoms with van der Waals surface area (Å²) in [5.41, 5.74) is 0. The molecule has 158 valence electrons. The minimum absolute atomic E-state index is 0.00243. The molecule has 5 heteroatoms. The zero-order valence-corrected chi connectivity index (χ0v) is 20.9. The highest BCUT2D eigenvalue weighted by atomic mass is 32.2. The van der Waals surface area contributed by atoms with Crippen molar-refractivity contribution in [1.29, 1.82) is 0 Å². The lowest BCUT2D eigenvalue weighted by Gasteiger charge is -2.32. The van der Waals surface area contributed by atoms with E-state index in [0.29, 0.717) is 6.16 Å². The second kappa shape index (κ2) is 10.1. The highest BCUT2D eigenvalue weighted by Crippen LogP contribution is 2.47. The van der Waals surface area contributed by atoms with E-state index in [9.17, 15) is 4.57 Å². The first kappa shape index (κ1) is 23.1. The van der Waals surface area contributed by atoms with Crippen LogP contribution in [0.3, 0.4) is 0 Å². The molecule has 0 radical (unpaired) electrons. The van der Waals surface area contributed by atoms with Crippen molar-refractivity contribution in [1.82, 2.24) is 0 Å². The Balaban J connectivity index is 2.00. The van der Waals surface area contributed by atoms with E-state index in [-0.39, 0.29) is 11.4 Å². The van der Waals surface area contributed by atoms with Crippen molar-refractivity contribution in [3.05, 3.63) is 91.0 Å². The van der Waals surface area contributed by atoms with Crippen LogP contribution in [0.25, 0.3) is 0 Å². The summed E-state index contributed by atoms with van der Waals surface area (Å²) in [4.78, 5) is 1.18. The molecule has 30 heavy (non-hydrogen) atoms. The van der Waals surface area contributed by atoms with Crippen LogP contribution in [0.5, 0.6) is 0 Å². The molecule has 0 aliphatic heterocycles. The predicted molar refractivity (Wildman–Crippen MR) is 135 cm³/mol. The smallest absolute Gasteiger partial charge is 0.184 e. The quantitative estimate of drug-likeness (QED) is 0.213. The third kappa shape index (κ3) is 6.21. The molecule has 0 aliphatic rings. The molecule has 2 atom stereocenters. The summed E-state index contributed by atoms with van der Waals surface area (Å²) in [6.45, 7) is 8.77. The van der Waals surface area contributed by atoms with E-state index in [0.717, 1.165) is 10.6 Å². The normalized spacial score (nSPS) is 14.3. The Bertz CT molecular complexity index is 915. The summed E-state index contributed by atoms with van der Waals surface area (Å²) in [5, 5.41) is 1.90. The first-order valence-corrected chi connectivity index (χ1v) is 16.6. The topological polar surface area (TPSA) is 26.3 Å². The first-order chi connectivity index (χ1) is 14.3. The van der Waals surface area contributed by atoms with Gasteiger partial charge in [-0.3, -0.25) is 0 Å². The van der Waals surface area contributed by atoms with Crippen molar-refractivity contribution in [2.24, 2.45) is 0 Å². The van der Waals surface area contributed by atoms with Gasteiger partial charge in [-0.1, -0.05) is 78.9 Å². The maximum absolute atomic E-state index is 14.6. The maximum Gasteiger partial charge on any atom is 0.184 e. The number of hydrogen-bond acceptors (Lipinski definition) is 3. The Kier molecular flexibility index (Phi) is 7.81. The highest BCUT2D eigenvalue weighted by molar-refractivity contribution is 8.00. The summed E-state index contributed by atoms with van der Waals surface area (Å²) >= 11 is 1.78. The van der Waals surface area contributed by atoms with Gasteiger partial charge < -0.3 is 8.99 Å². The first-order valence-electron chi connectivity index (χ1n) is 10.4. The molecule has 0 saturated carbocycles. The van der Waals surface area contributed by atoms with Crippen molar-refractivity contribution < 1.29 is 8.99 Å². The lowest BCUT2D eigenvalue weighted by molar-refractivity contribution is 0.216. The highest BCUT2D eigenvalue weighted by Gasteiger charge is 2.35. The Labute approximate surface area is 186 Å². The molecular weight excluding hydrogens is 423 g/mol. The minimum atomic E-state index is -2.82. The Hall–Kier alpha value is -1.58. The maximum atomic E-state index is 14.6. The number of rotatable bonds is 9. The van der Waals surface area contributed by atoms with E-state index in [1.54, 1.807) is 11.8 Å². The van der Waals surface area contributed by atoms with Crippen molar-refractivity contribution in [3.8, 4) is 0 Å². The molecule has 2 nitrogen and oxygen atoms in total. The van der Waals surface area contributed by atoms with Crippen molar-refractivity contribution in [3.63, 3.8) is 0 Å². The van der Waals surface area contributed by atoms with Gasteiger partial charge in [0.05, 0.1) is 6.10 Å². The van der Waals surface area contributed by atoms with Crippen LogP contribution in [0.15, 0.2) is 95.9 Å². The van der Waals surface area contributed by atoms with E-state index in [2.05, 4.69) is 50.8 Å². The second-order valence-electron chi connectivity index (χ2n) is 8.50. The van der Waals surface area contributed by atoms with Crippen LogP contribution in [0, 0.1) is 0 Å². The molecular formula is C25H31O2PSSi. The van der Waals surface area contributed by atoms with Crippen LogP contribution in [0.2, 0.25) is 19.6 Å². The summed E-state index contributed by atoms with van der Waals surface area (Å²) < 4.78 is 21.1. The molecule has 0 spiro atoms. The fourth-order valence-corrected chi connectivity index (χ4v) is 9.59. The monoisotopic (exact) mass is 454 g/mol. The van der Waals surface area contributed by atoms with Gasteiger partial charge in [0, 0.05) is 26.9 Å². The average Bonchev–Trinajstić information content (AvgIpc) is 2.74. The Morgan fingerprint density at radius 2 is 1.23 bits per heavy atom. The van der Waals surface area contributed by atoms with Crippen LogP contribution in [-0.4, -0.2) is 25.8 Å². The summed E-state index contributed by atoms with van der Waals surface area (Å²) in [7, 11) is -4.56. The van der Waals surface area contributed by atoms with Gasteiger partial charge in [-0.05, 0) is 38.7 Å².